The Balaban J connectivity index is 1.93. The van der Waals surface area contributed by atoms with Gasteiger partial charge in [-0.1, -0.05) is 6.07 Å². The Morgan fingerprint density at radius 1 is 1.62 bits per heavy atom. The van der Waals surface area contributed by atoms with Gasteiger partial charge in [-0.3, -0.25) is 4.79 Å². The van der Waals surface area contributed by atoms with Gasteiger partial charge >= 0.3 is 0 Å². The fourth-order valence-electron chi connectivity index (χ4n) is 1.56. The Kier molecular flexibility index (Phi) is 3.36. The van der Waals surface area contributed by atoms with Crippen LogP contribution in [0.25, 0.3) is 0 Å². The van der Waals surface area contributed by atoms with E-state index in [-0.39, 0.29) is 18.4 Å². The molecule has 0 radical (unpaired) electrons. The number of pyridine rings is 1. The van der Waals surface area contributed by atoms with Crippen molar-refractivity contribution in [1.82, 2.24) is 4.98 Å². The van der Waals surface area contributed by atoms with Crippen molar-refractivity contribution in [3.05, 3.63) is 23.9 Å². The summed E-state index contributed by atoms with van der Waals surface area (Å²) in [4.78, 5) is 14.8. The van der Waals surface area contributed by atoms with Crippen molar-refractivity contribution in [1.29, 1.82) is 0 Å². The Labute approximate surface area is 93.6 Å². The Bertz CT molecular complexity index is 358. The van der Waals surface area contributed by atoms with Gasteiger partial charge in [0.25, 0.3) is 0 Å². The average Bonchev–Trinajstić information content (AvgIpc) is 2.73. The smallest absolute Gasteiger partial charge is 0.221 e. The second-order valence-electron chi connectivity index (χ2n) is 3.75. The van der Waals surface area contributed by atoms with Crippen molar-refractivity contribution < 1.29 is 14.3 Å². The number of carbonyl (C=O) groups excluding carboxylic acids is 1. The molecule has 1 fully saturated rings. The zero-order chi connectivity index (χ0) is 11.4. The molecular formula is C11H14N2O3. The number of primary amides is 1. The lowest BCUT2D eigenvalue weighted by Gasteiger charge is -2.10. The predicted octanol–water partition coefficient (Wildman–Crippen LogP) is 0.277. The van der Waals surface area contributed by atoms with Crippen LogP contribution in [0.3, 0.4) is 0 Å². The molecule has 0 unspecified atom stereocenters. The Hall–Kier alpha value is -1.62. The summed E-state index contributed by atoms with van der Waals surface area (Å²) in [5.74, 6) is 0.198. The van der Waals surface area contributed by atoms with Crippen LogP contribution in [0.1, 0.15) is 12.0 Å². The molecule has 0 saturated carbocycles. The first-order valence-corrected chi connectivity index (χ1v) is 5.21. The molecule has 1 aromatic rings. The molecule has 1 saturated heterocycles. The average molecular weight is 222 g/mol. The Morgan fingerprint density at radius 3 is 3.06 bits per heavy atom. The van der Waals surface area contributed by atoms with E-state index in [1.807, 2.05) is 0 Å². The van der Waals surface area contributed by atoms with Gasteiger partial charge in [-0.2, -0.15) is 0 Å². The molecule has 0 bridgehead atoms. The van der Waals surface area contributed by atoms with Crippen LogP contribution in [0.2, 0.25) is 0 Å². The third-order valence-electron chi connectivity index (χ3n) is 2.35. The van der Waals surface area contributed by atoms with Crippen molar-refractivity contribution in [2.45, 2.75) is 18.9 Å². The first-order valence-electron chi connectivity index (χ1n) is 5.21. The second kappa shape index (κ2) is 4.94. The monoisotopic (exact) mass is 222 g/mol. The lowest BCUT2D eigenvalue weighted by Crippen LogP contribution is -2.17. The van der Waals surface area contributed by atoms with Gasteiger partial charge in [0.1, 0.15) is 6.10 Å². The third kappa shape index (κ3) is 2.93. The van der Waals surface area contributed by atoms with Crippen LogP contribution in [0.15, 0.2) is 18.3 Å². The van der Waals surface area contributed by atoms with E-state index in [1.54, 1.807) is 18.3 Å². The van der Waals surface area contributed by atoms with Gasteiger partial charge in [0.2, 0.25) is 11.8 Å². The molecule has 0 aromatic carbocycles. The highest BCUT2D eigenvalue weighted by atomic mass is 16.5. The van der Waals surface area contributed by atoms with Gasteiger partial charge in [0.05, 0.1) is 19.6 Å². The molecule has 16 heavy (non-hydrogen) atoms. The van der Waals surface area contributed by atoms with Crippen LogP contribution in [-0.2, 0) is 16.0 Å². The van der Waals surface area contributed by atoms with E-state index in [1.165, 1.54) is 0 Å². The quantitative estimate of drug-likeness (QED) is 0.793. The number of nitrogens with two attached hydrogens (primary N) is 1. The summed E-state index contributed by atoms with van der Waals surface area (Å²) >= 11 is 0. The maximum absolute atomic E-state index is 10.7. The van der Waals surface area contributed by atoms with Crippen LogP contribution in [0, 0.1) is 0 Å². The van der Waals surface area contributed by atoms with E-state index in [4.69, 9.17) is 15.2 Å². The van der Waals surface area contributed by atoms with Gasteiger partial charge in [-0.15, -0.1) is 0 Å². The molecule has 5 nitrogen and oxygen atoms in total. The van der Waals surface area contributed by atoms with Gasteiger partial charge in [-0.25, -0.2) is 4.98 Å². The minimum atomic E-state index is -0.361. The zero-order valence-electron chi connectivity index (χ0n) is 8.89. The van der Waals surface area contributed by atoms with Gasteiger partial charge in [-0.05, 0) is 5.56 Å². The lowest BCUT2D eigenvalue weighted by molar-refractivity contribution is -0.117. The minimum absolute atomic E-state index is 0.0921. The zero-order valence-corrected chi connectivity index (χ0v) is 8.89. The van der Waals surface area contributed by atoms with E-state index >= 15 is 0 Å². The summed E-state index contributed by atoms with van der Waals surface area (Å²) in [6.07, 6.45) is 2.80. The fraction of sp³-hybridized carbons (Fsp3) is 0.455. The second-order valence-corrected chi connectivity index (χ2v) is 3.75. The fourth-order valence-corrected chi connectivity index (χ4v) is 1.56. The van der Waals surface area contributed by atoms with Crippen molar-refractivity contribution in [2.24, 2.45) is 5.73 Å². The van der Waals surface area contributed by atoms with Crippen LogP contribution >= 0.6 is 0 Å². The molecule has 1 aromatic heterocycles. The number of amides is 1. The number of rotatable bonds is 4. The van der Waals surface area contributed by atoms with Crippen molar-refractivity contribution >= 4 is 5.91 Å². The summed E-state index contributed by atoms with van der Waals surface area (Å²) in [5, 5.41) is 0. The summed E-state index contributed by atoms with van der Waals surface area (Å²) in [7, 11) is 0. The highest BCUT2D eigenvalue weighted by Crippen LogP contribution is 2.14. The van der Waals surface area contributed by atoms with Crippen LogP contribution in [-0.4, -0.2) is 30.2 Å². The minimum Gasteiger partial charge on any atom is -0.472 e. The molecule has 5 heteroatoms. The topological polar surface area (TPSA) is 74.4 Å². The number of ether oxygens (including phenoxy) is 2. The lowest BCUT2D eigenvalue weighted by atomic mass is 10.2. The first kappa shape index (κ1) is 10.9. The van der Waals surface area contributed by atoms with Gasteiger partial charge in [0.15, 0.2) is 0 Å². The highest BCUT2D eigenvalue weighted by molar-refractivity contribution is 5.76. The molecule has 1 aliphatic heterocycles. The molecule has 0 spiro atoms. The number of hydrogen-bond acceptors (Lipinski definition) is 4. The summed E-state index contributed by atoms with van der Waals surface area (Å²) in [6, 6.07) is 3.54. The molecule has 1 aliphatic rings. The van der Waals surface area contributed by atoms with E-state index in [0.29, 0.717) is 12.5 Å². The molecule has 86 valence electrons. The molecule has 2 N–H and O–H groups in total. The maximum atomic E-state index is 10.7. The first-order chi connectivity index (χ1) is 7.74. The molecule has 0 aliphatic carbocycles. The van der Waals surface area contributed by atoms with E-state index in [9.17, 15) is 4.79 Å². The van der Waals surface area contributed by atoms with Crippen molar-refractivity contribution in [3.63, 3.8) is 0 Å². The summed E-state index contributed by atoms with van der Waals surface area (Å²) < 4.78 is 10.8. The molecule has 1 amide bonds. The van der Waals surface area contributed by atoms with Crippen LogP contribution in [0.5, 0.6) is 5.88 Å². The molecule has 2 heterocycles. The summed E-state index contributed by atoms with van der Waals surface area (Å²) in [5.41, 5.74) is 5.87. The largest absolute Gasteiger partial charge is 0.472 e. The normalized spacial score (nSPS) is 19.6. The highest BCUT2D eigenvalue weighted by Gasteiger charge is 2.17. The summed E-state index contributed by atoms with van der Waals surface area (Å²) in [6.45, 7) is 1.36. The SMILES string of the molecule is NC(=O)Cc1ccc(O[C@@H]2CCOC2)nc1. The maximum Gasteiger partial charge on any atom is 0.221 e. The number of aromatic nitrogens is 1. The van der Waals surface area contributed by atoms with Gasteiger partial charge < -0.3 is 15.2 Å². The molecule has 1 atom stereocenters. The number of hydrogen-bond donors (Lipinski definition) is 1. The number of nitrogens with zero attached hydrogens (tertiary/aromatic N) is 1. The Morgan fingerprint density at radius 2 is 2.50 bits per heavy atom. The molecule has 2 rings (SSSR count). The van der Waals surface area contributed by atoms with E-state index in [0.717, 1.165) is 18.6 Å². The standard InChI is InChI=1S/C11H14N2O3/c12-10(14)5-8-1-2-11(13-6-8)16-9-3-4-15-7-9/h1-2,6,9H,3-5,7H2,(H2,12,14)/t9-/m1/s1. The van der Waals surface area contributed by atoms with Gasteiger partial charge in [0, 0.05) is 18.7 Å². The van der Waals surface area contributed by atoms with Crippen molar-refractivity contribution in [2.75, 3.05) is 13.2 Å². The van der Waals surface area contributed by atoms with E-state index < -0.39 is 0 Å². The van der Waals surface area contributed by atoms with Crippen molar-refractivity contribution in [3.8, 4) is 5.88 Å². The third-order valence-corrected chi connectivity index (χ3v) is 2.35. The van der Waals surface area contributed by atoms with E-state index in [2.05, 4.69) is 4.98 Å². The molecular weight excluding hydrogens is 208 g/mol. The number of carbonyl (C=O) groups is 1. The predicted molar refractivity (Wildman–Crippen MR) is 57.0 cm³/mol. The van der Waals surface area contributed by atoms with Crippen LogP contribution < -0.4 is 10.5 Å². The van der Waals surface area contributed by atoms with Crippen LogP contribution in [0.4, 0.5) is 0 Å².